The van der Waals surface area contributed by atoms with Gasteiger partial charge in [-0.15, -0.1) is 0 Å². The number of nitrogens with zero attached hydrogens (tertiary/aromatic N) is 1. The Morgan fingerprint density at radius 1 is 0.967 bits per heavy atom. The van der Waals surface area contributed by atoms with Crippen LogP contribution in [0.15, 0.2) is 79.1 Å². The summed E-state index contributed by atoms with van der Waals surface area (Å²) in [5.74, 6) is -0.547. The van der Waals surface area contributed by atoms with Crippen molar-refractivity contribution in [2.45, 2.75) is 13.0 Å². The summed E-state index contributed by atoms with van der Waals surface area (Å²) in [4.78, 5) is 32.3. The molecule has 0 radical (unpaired) electrons. The second-order valence-electron chi connectivity index (χ2n) is 7.14. The first-order valence-corrected chi connectivity index (χ1v) is 9.72. The maximum absolute atomic E-state index is 12.7. The summed E-state index contributed by atoms with van der Waals surface area (Å²) >= 11 is 0. The molecule has 0 spiro atoms. The molecule has 3 N–H and O–H groups in total. The summed E-state index contributed by atoms with van der Waals surface area (Å²) < 4.78 is 0. The molecule has 0 aliphatic heterocycles. The summed E-state index contributed by atoms with van der Waals surface area (Å²) in [6.45, 7) is 1.85. The van der Waals surface area contributed by atoms with Crippen molar-refractivity contribution < 1.29 is 9.59 Å². The van der Waals surface area contributed by atoms with E-state index in [-0.39, 0.29) is 24.4 Å². The van der Waals surface area contributed by atoms with Crippen molar-refractivity contribution in [1.29, 1.82) is 0 Å². The number of H-pyrrole nitrogens is 1. The van der Waals surface area contributed by atoms with Gasteiger partial charge in [0.25, 0.3) is 5.91 Å². The molecule has 1 aromatic heterocycles. The maximum atomic E-state index is 12.7. The molecular formula is C24H22N4O2. The number of imidazole rings is 1. The van der Waals surface area contributed by atoms with Gasteiger partial charge in [0, 0.05) is 5.56 Å². The van der Waals surface area contributed by atoms with E-state index in [2.05, 4.69) is 20.6 Å². The Morgan fingerprint density at radius 3 is 2.50 bits per heavy atom. The zero-order chi connectivity index (χ0) is 20.9. The van der Waals surface area contributed by atoms with Gasteiger partial charge in [-0.2, -0.15) is 0 Å². The van der Waals surface area contributed by atoms with Gasteiger partial charge in [-0.25, -0.2) is 4.98 Å². The van der Waals surface area contributed by atoms with Crippen LogP contribution in [0.25, 0.3) is 11.0 Å². The van der Waals surface area contributed by atoms with Crippen molar-refractivity contribution in [2.24, 2.45) is 0 Å². The molecule has 2 amide bonds. The van der Waals surface area contributed by atoms with Crippen molar-refractivity contribution in [1.82, 2.24) is 20.6 Å². The van der Waals surface area contributed by atoms with Gasteiger partial charge in [-0.3, -0.25) is 9.59 Å². The van der Waals surface area contributed by atoms with Crippen molar-refractivity contribution in [3.8, 4) is 0 Å². The first-order valence-electron chi connectivity index (χ1n) is 9.72. The lowest BCUT2D eigenvalue weighted by atomic mass is 9.98. The molecule has 1 atom stereocenters. The highest BCUT2D eigenvalue weighted by atomic mass is 16.2. The second kappa shape index (κ2) is 8.61. The fourth-order valence-electron chi connectivity index (χ4n) is 3.32. The number of benzene rings is 3. The third-order valence-corrected chi connectivity index (χ3v) is 4.94. The van der Waals surface area contributed by atoms with Crippen LogP contribution in [0, 0.1) is 6.92 Å². The molecule has 0 saturated heterocycles. The number of carbonyl (C=O) groups excluding carboxylic acids is 2. The number of amides is 2. The Morgan fingerprint density at radius 2 is 1.73 bits per heavy atom. The summed E-state index contributed by atoms with van der Waals surface area (Å²) in [5, 5.41) is 5.72. The van der Waals surface area contributed by atoms with Crippen LogP contribution in [0.5, 0.6) is 0 Å². The molecule has 0 aliphatic rings. The largest absolute Gasteiger partial charge is 0.345 e. The Bertz CT molecular complexity index is 1170. The van der Waals surface area contributed by atoms with E-state index in [1.54, 1.807) is 18.5 Å². The van der Waals surface area contributed by atoms with Crippen LogP contribution < -0.4 is 10.6 Å². The van der Waals surface area contributed by atoms with E-state index in [0.717, 1.165) is 27.7 Å². The molecule has 0 aliphatic carbocycles. The quantitative estimate of drug-likeness (QED) is 0.465. The van der Waals surface area contributed by atoms with Crippen LogP contribution in [0.4, 0.5) is 0 Å². The first kappa shape index (κ1) is 19.4. The molecular weight excluding hydrogens is 376 g/mol. The SMILES string of the molecule is Cc1ccc(C(=O)NCC(=O)N[C@H](c2ccccc2)c2ccc3nc[nH]c3c2)cc1. The van der Waals surface area contributed by atoms with Gasteiger partial charge in [-0.1, -0.05) is 54.1 Å². The van der Waals surface area contributed by atoms with E-state index in [9.17, 15) is 9.59 Å². The summed E-state index contributed by atoms with van der Waals surface area (Å²) in [6, 6.07) is 22.5. The number of aromatic amines is 1. The Balaban J connectivity index is 1.49. The molecule has 4 rings (SSSR count). The zero-order valence-corrected chi connectivity index (χ0v) is 16.6. The monoisotopic (exact) mass is 398 g/mol. The molecule has 0 bridgehead atoms. The van der Waals surface area contributed by atoms with Gasteiger partial charge < -0.3 is 15.6 Å². The van der Waals surface area contributed by atoms with E-state index in [1.807, 2.05) is 67.6 Å². The van der Waals surface area contributed by atoms with Gasteiger partial charge in [0.15, 0.2) is 0 Å². The third kappa shape index (κ3) is 4.38. The number of hydrogen-bond donors (Lipinski definition) is 3. The molecule has 4 aromatic rings. The van der Waals surface area contributed by atoms with E-state index in [1.165, 1.54) is 0 Å². The van der Waals surface area contributed by atoms with E-state index >= 15 is 0 Å². The van der Waals surface area contributed by atoms with Gasteiger partial charge in [0.1, 0.15) is 0 Å². The lowest BCUT2D eigenvalue weighted by Crippen LogP contribution is -2.39. The topological polar surface area (TPSA) is 86.9 Å². The fraction of sp³-hybridized carbons (Fsp3) is 0.125. The Labute approximate surface area is 174 Å². The minimum atomic E-state index is -0.345. The Hall–Kier alpha value is -3.93. The summed E-state index contributed by atoms with van der Waals surface area (Å²) in [6.07, 6.45) is 1.64. The molecule has 0 unspecified atom stereocenters. The molecule has 150 valence electrons. The van der Waals surface area contributed by atoms with Gasteiger partial charge in [0.2, 0.25) is 5.91 Å². The number of fused-ring (bicyclic) bond motifs is 1. The fourth-order valence-corrected chi connectivity index (χ4v) is 3.32. The van der Waals surface area contributed by atoms with Gasteiger partial charge in [0.05, 0.1) is 29.9 Å². The molecule has 0 saturated carbocycles. The predicted molar refractivity (Wildman–Crippen MR) is 116 cm³/mol. The van der Waals surface area contributed by atoms with Gasteiger partial charge in [-0.05, 0) is 42.3 Å². The lowest BCUT2D eigenvalue weighted by Gasteiger charge is -2.20. The number of rotatable bonds is 6. The number of carbonyl (C=O) groups is 2. The van der Waals surface area contributed by atoms with Gasteiger partial charge >= 0.3 is 0 Å². The first-order chi connectivity index (χ1) is 14.6. The molecule has 30 heavy (non-hydrogen) atoms. The number of hydrogen-bond acceptors (Lipinski definition) is 3. The number of aryl methyl sites for hydroxylation is 1. The van der Waals surface area contributed by atoms with E-state index in [0.29, 0.717) is 5.56 Å². The molecule has 1 heterocycles. The molecule has 6 heteroatoms. The molecule has 3 aromatic carbocycles. The average molecular weight is 398 g/mol. The van der Waals surface area contributed by atoms with Crippen molar-refractivity contribution in [2.75, 3.05) is 6.54 Å². The van der Waals surface area contributed by atoms with Crippen LogP contribution in [-0.4, -0.2) is 28.3 Å². The lowest BCUT2D eigenvalue weighted by molar-refractivity contribution is -0.120. The highest BCUT2D eigenvalue weighted by Crippen LogP contribution is 2.24. The molecule has 6 nitrogen and oxygen atoms in total. The van der Waals surface area contributed by atoms with Crippen LogP contribution in [-0.2, 0) is 4.79 Å². The highest BCUT2D eigenvalue weighted by Gasteiger charge is 2.18. The average Bonchev–Trinajstić information content (AvgIpc) is 3.25. The Kier molecular flexibility index (Phi) is 5.57. The van der Waals surface area contributed by atoms with E-state index in [4.69, 9.17) is 0 Å². The highest BCUT2D eigenvalue weighted by molar-refractivity contribution is 5.96. The van der Waals surface area contributed by atoms with Crippen LogP contribution >= 0.6 is 0 Å². The van der Waals surface area contributed by atoms with Crippen LogP contribution in [0.2, 0.25) is 0 Å². The minimum absolute atomic E-state index is 0.109. The molecule has 0 fully saturated rings. The van der Waals surface area contributed by atoms with Crippen LogP contribution in [0.1, 0.15) is 33.1 Å². The minimum Gasteiger partial charge on any atom is -0.345 e. The maximum Gasteiger partial charge on any atom is 0.251 e. The normalized spacial score (nSPS) is 11.8. The third-order valence-electron chi connectivity index (χ3n) is 4.94. The standard InChI is InChI=1S/C24H22N4O2/c1-16-7-9-18(10-8-16)24(30)25-14-22(29)28-23(17-5-3-2-4-6-17)19-11-12-20-21(13-19)27-15-26-20/h2-13,15,23H,14H2,1H3,(H,25,30)(H,26,27)(H,28,29)/t23-/m1/s1. The zero-order valence-electron chi connectivity index (χ0n) is 16.6. The van der Waals surface area contributed by atoms with Crippen molar-refractivity contribution >= 4 is 22.8 Å². The number of aromatic nitrogens is 2. The predicted octanol–water partition coefficient (Wildman–Crippen LogP) is 3.51. The smallest absolute Gasteiger partial charge is 0.251 e. The summed E-state index contributed by atoms with van der Waals surface area (Å²) in [5.41, 5.74) is 5.24. The van der Waals surface area contributed by atoms with Crippen molar-refractivity contribution in [3.63, 3.8) is 0 Å². The van der Waals surface area contributed by atoms with Crippen LogP contribution in [0.3, 0.4) is 0 Å². The van der Waals surface area contributed by atoms with E-state index < -0.39 is 0 Å². The second-order valence-corrected chi connectivity index (χ2v) is 7.14. The summed E-state index contributed by atoms with van der Waals surface area (Å²) in [7, 11) is 0. The number of nitrogens with one attached hydrogen (secondary N) is 3. The van der Waals surface area contributed by atoms with Crippen molar-refractivity contribution in [3.05, 3.63) is 101 Å².